The summed E-state index contributed by atoms with van der Waals surface area (Å²) in [4.78, 5) is 1.08. The molecule has 0 bridgehead atoms. The summed E-state index contributed by atoms with van der Waals surface area (Å²) in [5.74, 6) is 2.34. The van der Waals surface area contributed by atoms with Crippen LogP contribution in [0.3, 0.4) is 0 Å². The number of nitriles is 2. The predicted octanol–water partition coefficient (Wildman–Crippen LogP) is 4.94. The average molecular weight is 345 g/mol. The summed E-state index contributed by atoms with van der Waals surface area (Å²) in [5, 5.41) is 18.0. The largest absolute Gasteiger partial charge is 0.192 e. The van der Waals surface area contributed by atoms with Crippen LogP contribution in [0.4, 0.5) is 0 Å². The molecule has 90 valence electrons. The maximum absolute atomic E-state index is 8.99. The van der Waals surface area contributed by atoms with Crippen LogP contribution in [0.2, 0.25) is 0 Å². The summed E-state index contributed by atoms with van der Waals surface area (Å²) < 4.78 is 5.11. The fourth-order valence-electron chi connectivity index (χ4n) is 1.33. The molecular formula is C10H4N2S6. The molecule has 0 saturated heterocycles. The monoisotopic (exact) mass is 344 g/mol. The smallest absolute Gasteiger partial charge is 0.115 e. The van der Waals surface area contributed by atoms with E-state index in [9.17, 15) is 0 Å². The summed E-state index contributed by atoms with van der Waals surface area (Å²) in [6, 6.07) is 4.21. The zero-order chi connectivity index (χ0) is 12.5. The summed E-state index contributed by atoms with van der Waals surface area (Å²) in [7, 11) is 0. The highest BCUT2D eigenvalue weighted by atomic mass is 32.3. The van der Waals surface area contributed by atoms with Gasteiger partial charge in [0.2, 0.25) is 0 Å². The lowest BCUT2D eigenvalue weighted by Crippen LogP contribution is -1.88. The van der Waals surface area contributed by atoms with Crippen molar-refractivity contribution in [2.24, 2.45) is 0 Å². The molecule has 3 rings (SSSR count). The fraction of sp³-hybridized carbons (Fsp3) is 0.200. The zero-order valence-electron chi connectivity index (χ0n) is 8.76. The minimum atomic E-state index is 0.538. The topological polar surface area (TPSA) is 47.6 Å². The van der Waals surface area contributed by atoms with E-state index in [1.165, 1.54) is 47.7 Å². The Morgan fingerprint density at radius 1 is 0.667 bits per heavy atom. The predicted molar refractivity (Wildman–Crippen MR) is 87.6 cm³/mol. The minimum absolute atomic E-state index is 0.538. The van der Waals surface area contributed by atoms with Gasteiger partial charge in [-0.25, -0.2) is 0 Å². The highest BCUT2D eigenvalue weighted by Crippen LogP contribution is 2.64. The van der Waals surface area contributed by atoms with E-state index in [0.29, 0.717) is 9.81 Å². The first kappa shape index (κ1) is 13.3. The van der Waals surface area contributed by atoms with E-state index in [1.54, 1.807) is 23.5 Å². The van der Waals surface area contributed by atoms with Gasteiger partial charge in [0.25, 0.3) is 0 Å². The van der Waals surface area contributed by atoms with Crippen molar-refractivity contribution in [1.82, 2.24) is 0 Å². The first-order chi connectivity index (χ1) is 8.81. The molecule has 18 heavy (non-hydrogen) atoms. The van der Waals surface area contributed by atoms with E-state index in [4.69, 9.17) is 10.5 Å². The molecule has 0 saturated carbocycles. The van der Waals surface area contributed by atoms with E-state index in [1.807, 2.05) is 23.5 Å². The van der Waals surface area contributed by atoms with Crippen molar-refractivity contribution in [2.45, 2.75) is 0 Å². The normalized spacial score (nSPS) is 23.2. The molecule has 0 aromatic rings. The maximum Gasteiger partial charge on any atom is 0.115 e. The summed E-state index contributed by atoms with van der Waals surface area (Å²) >= 11 is 10.3. The molecular weight excluding hydrogens is 341 g/mol. The Morgan fingerprint density at radius 3 is 1.56 bits per heavy atom. The third-order valence-corrected chi connectivity index (χ3v) is 10.8. The lowest BCUT2D eigenvalue weighted by molar-refractivity contribution is 1.50. The highest BCUT2D eigenvalue weighted by Gasteiger charge is 2.31. The van der Waals surface area contributed by atoms with Crippen LogP contribution in [0.5, 0.6) is 0 Å². The van der Waals surface area contributed by atoms with Crippen molar-refractivity contribution >= 4 is 70.6 Å². The van der Waals surface area contributed by atoms with E-state index >= 15 is 0 Å². The van der Waals surface area contributed by atoms with Gasteiger partial charge < -0.3 is 0 Å². The minimum Gasteiger partial charge on any atom is -0.192 e. The molecule has 0 amide bonds. The Hall–Kier alpha value is 0.300. The number of rotatable bonds is 0. The van der Waals surface area contributed by atoms with Crippen LogP contribution in [0, 0.1) is 22.7 Å². The van der Waals surface area contributed by atoms with E-state index in [-0.39, 0.29) is 0 Å². The molecule has 0 fully saturated rings. The standard InChI is InChI=1S/C10H4N2S6/c11-3-5-6(4-12)16-9(15-5)10-17-7-8(18-10)14-2-1-13-7/h1-2H2. The Bertz CT molecular complexity index is 540. The molecule has 0 radical (unpaired) electrons. The SMILES string of the molecule is N#CC1=C(C#N)SC(=C2SC3=C(SCCS3)S2)S1. The van der Waals surface area contributed by atoms with Gasteiger partial charge in [0.15, 0.2) is 0 Å². The van der Waals surface area contributed by atoms with Crippen molar-refractivity contribution < 1.29 is 0 Å². The molecule has 0 N–H and O–H groups in total. The highest BCUT2D eigenvalue weighted by molar-refractivity contribution is 8.43. The van der Waals surface area contributed by atoms with Crippen molar-refractivity contribution in [1.29, 1.82) is 10.5 Å². The molecule has 2 nitrogen and oxygen atoms in total. The Balaban J connectivity index is 1.82. The molecule has 3 aliphatic heterocycles. The van der Waals surface area contributed by atoms with Crippen LogP contribution >= 0.6 is 70.6 Å². The lowest BCUT2D eigenvalue weighted by Gasteiger charge is -2.08. The Labute approximate surface area is 130 Å². The van der Waals surface area contributed by atoms with Gasteiger partial charge in [-0.3, -0.25) is 0 Å². The Kier molecular flexibility index (Phi) is 4.24. The second-order valence-corrected chi connectivity index (χ2v) is 10.5. The quantitative estimate of drug-likeness (QED) is 0.612. The second-order valence-electron chi connectivity index (χ2n) is 3.14. The molecule has 0 unspecified atom stereocenters. The molecule has 0 aromatic carbocycles. The molecule has 0 aromatic heterocycles. The van der Waals surface area contributed by atoms with Crippen molar-refractivity contribution in [2.75, 3.05) is 11.5 Å². The number of hydrogen-bond acceptors (Lipinski definition) is 8. The van der Waals surface area contributed by atoms with Crippen LogP contribution in [-0.4, -0.2) is 11.5 Å². The fourth-order valence-corrected chi connectivity index (χ4v) is 9.76. The van der Waals surface area contributed by atoms with Crippen molar-refractivity contribution in [3.05, 3.63) is 26.8 Å². The number of nitrogens with zero attached hydrogens (tertiary/aromatic N) is 2. The third kappa shape index (κ3) is 2.47. The number of thioether (sulfide) groups is 6. The van der Waals surface area contributed by atoms with Gasteiger partial charge in [0.05, 0.1) is 16.9 Å². The zero-order valence-corrected chi connectivity index (χ0v) is 13.7. The van der Waals surface area contributed by atoms with E-state index in [2.05, 4.69) is 12.1 Å². The van der Waals surface area contributed by atoms with Crippen LogP contribution in [0.15, 0.2) is 26.8 Å². The molecule has 0 spiro atoms. The lowest BCUT2D eigenvalue weighted by atomic mass is 10.5. The van der Waals surface area contributed by atoms with Crippen molar-refractivity contribution in [3.8, 4) is 12.1 Å². The average Bonchev–Trinajstić information content (AvgIpc) is 3.01. The molecule has 8 heteroatoms. The maximum atomic E-state index is 8.99. The van der Waals surface area contributed by atoms with Gasteiger partial charge in [0, 0.05) is 11.5 Å². The third-order valence-electron chi connectivity index (χ3n) is 2.05. The molecule has 3 aliphatic rings. The van der Waals surface area contributed by atoms with Gasteiger partial charge in [-0.2, -0.15) is 10.5 Å². The molecule has 0 atom stereocenters. The first-order valence-electron chi connectivity index (χ1n) is 4.82. The van der Waals surface area contributed by atoms with Gasteiger partial charge >= 0.3 is 0 Å². The van der Waals surface area contributed by atoms with Crippen LogP contribution in [0.25, 0.3) is 0 Å². The Morgan fingerprint density at radius 2 is 1.11 bits per heavy atom. The van der Waals surface area contributed by atoms with Gasteiger partial charge in [-0.05, 0) is 0 Å². The molecule has 0 aliphatic carbocycles. The van der Waals surface area contributed by atoms with Gasteiger partial charge in [-0.1, -0.05) is 47.0 Å². The van der Waals surface area contributed by atoms with Crippen LogP contribution in [0.1, 0.15) is 0 Å². The van der Waals surface area contributed by atoms with Gasteiger partial charge in [-0.15, -0.1) is 23.5 Å². The summed E-state index contributed by atoms with van der Waals surface area (Å²) in [6.07, 6.45) is 0. The van der Waals surface area contributed by atoms with Gasteiger partial charge in [0.1, 0.15) is 21.9 Å². The second kappa shape index (κ2) is 5.74. The van der Waals surface area contributed by atoms with Crippen LogP contribution in [-0.2, 0) is 0 Å². The molecule has 3 heterocycles. The summed E-state index contributed by atoms with van der Waals surface area (Å²) in [5.41, 5.74) is 0. The first-order valence-corrected chi connectivity index (χ1v) is 10.1. The van der Waals surface area contributed by atoms with Crippen LogP contribution < -0.4 is 0 Å². The van der Waals surface area contributed by atoms with E-state index in [0.717, 1.165) is 4.24 Å². The number of hydrogen-bond donors (Lipinski definition) is 0. The number of allylic oxidation sites excluding steroid dienone is 2. The summed E-state index contributed by atoms with van der Waals surface area (Å²) in [6.45, 7) is 0. The van der Waals surface area contributed by atoms with E-state index < -0.39 is 0 Å². The van der Waals surface area contributed by atoms with Crippen molar-refractivity contribution in [3.63, 3.8) is 0 Å².